The molecule has 0 bridgehead atoms. The molecule has 4 aromatic rings. The van der Waals surface area contributed by atoms with E-state index in [0.29, 0.717) is 20.8 Å². The van der Waals surface area contributed by atoms with Gasteiger partial charge in [-0.15, -0.1) is 17.8 Å². The van der Waals surface area contributed by atoms with Gasteiger partial charge in [0.1, 0.15) is 11.3 Å². The van der Waals surface area contributed by atoms with Gasteiger partial charge in [-0.3, -0.25) is 14.9 Å². The summed E-state index contributed by atoms with van der Waals surface area (Å²) < 4.78 is 8.88. The maximum atomic E-state index is 12.8. The highest BCUT2D eigenvalue weighted by Crippen LogP contribution is 2.30. The van der Waals surface area contributed by atoms with Crippen LogP contribution in [0.25, 0.3) is 20.3 Å². The van der Waals surface area contributed by atoms with Crippen LogP contribution in [0.15, 0.2) is 47.5 Å². The van der Waals surface area contributed by atoms with Crippen LogP contribution in [0.5, 0.6) is 5.75 Å². The van der Waals surface area contributed by atoms with Crippen molar-refractivity contribution in [3.63, 3.8) is 0 Å². The number of rotatable bonds is 4. The number of fused-ring (bicyclic) bond motifs is 2. The average Bonchev–Trinajstić information content (AvgIpc) is 3.29. The highest BCUT2D eigenvalue weighted by Gasteiger charge is 2.15. The number of nitro groups is 1. The number of thiazole rings is 1. The smallest absolute Gasteiger partial charge is 0.289 e. The van der Waals surface area contributed by atoms with E-state index >= 15 is 0 Å². The highest BCUT2D eigenvalue weighted by atomic mass is 32.1. The van der Waals surface area contributed by atoms with Gasteiger partial charge in [0.05, 0.1) is 28.2 Å². The zero-order valence-corrected chi connectivity index (χ0v) is 16.8. The van der Waals surface area contributed by atoms with Gasteiger partial charge in [-0.25, -0.2) is 0 Å². The molecule has 9 heteroatoms. The minimum Gasteiger partial charge on any atom is -0.495 e. The molecule has 0 fully saturated rings. The van der Waals surface area contributed by atoms with Gasteiger partial charge in [-0.1, -0.05) is 23.3 Å². The Morgan fingerprint density at radius 1 is 1.28 bits per heavy atom. The summed E-state index contributed by atoms with van der Waals surface area (Å²) in [7, 11) is 1.57. The first kappa shape index (κ1) is 18.9. The Morgan fingerprint density at radius 2 is 2.10 bits per heavy atom. The standard InChI is InChI=1S/C20H13N3O4S2/c1-3-9-22-18-14(27-2)5-4-6-16(18)29-20(22)21-19(24)17-11-12-10-13(23(25)26)7-8-15(12)28-17/h1,4-8,10-11H,9H2,2H3. The van der Waals surface area contributed by atoms with Crippen molar-refractivity contribution in [2.45, 2.75) is 6.54 Å². The number of carbonyl (C=O) groups excluding carboxylic acids is 1. The minimum absolute atomic E-state index is 0.0188. The van der Waals surface area contributed by atoms with Crippen LogP contribution in [-0.4, -0.2) is 22.5 Å². The third kappa shape index (κ3) is 3.40. The van der Waals surface area contributed by atoms with Crippen LogP contribution in [0, 0.1) is 22.5 Å². The molecule has 1 amide bonds. The van der Waals surface area contributed by atoms with Crippen LogP contribution in [0.4, 0.5) is 5.69 Å². The average molecular weight is 423 g/mol. The van der Waals surface area contributed by atoms with Gasteiger partial charge in [0.15, 0.2) is 4.80 Å². The maximum Gasteiger partial charge on any atom is 0.289 e. The Balaban J connectivity index is 1.83. The lowest BCUT2D eigenvalue weighted by molar-refractivity contribution is -0.384. The number of hydrogen-bond donors (Lipinski definition) is 0. The molecular formula is C20H13N3O4S2. The Hall–Kier alpha value is -3.48. The molecule has 29 heavy (non-hydrogen) atoms. The third-order valence-corrected chi connectivity index (χ3v) is 6.40. The summed E-state index contributed by atoms with van der Waals surface area (Å²) in [4.78, 5) is 28.5. The van der Waals surface area contributed by atoms with Crippen molar-refractivity contribution in [1.82, 2.24) is 4.57 Å². The Kier molecular flexibility index (Phi) is 4.88. The van der Waals surface area contributed by atoms with Gasteiger partial charge < -0.3 is 9.30 Å². The number of benzene rings is 2. The monoisotopic (exact) mass is 423 g/mol. The number of non-ortho nitro benzene ring substituents is 1. The van der Waals surface area contributed by atoms with E-state index in [1.165, 1.54) is 34.8 Å². The van der Waals surface area contributed by atoms with Crippen LogP contribution in [0.1, 0.15) is 9.67 Å². The van der Waals surface area contributed by atoms with E-state index in [0.717, 1.165) is 14.9 Å². The molecule has 0 spiro atoms. The molecule has 0 saturated carbocycles. The first-order valence-electron chi connectivity index (χ1n) is 8.38. The SMILES string of the molecule is C#CCn1c(=NC(=O)c2cc3cc([N+](=O)[O-])ccc3s2)sc2cccc(OC)c21. The number of carbonyl (C=O) groups is 1. The molecule has 144 valence electrons. The first-order valence-corrected chi connectivity index (χ1v) is 10.0. The largest absolute Gasteiger partial charge is 0.495 e. The normalized spacial score (nSPS) is 11.7. The molecule has 7 nitrogen and oxygen atoms in total. The fraction of sp³-hybridized carbons (Fsp3) is 0.100. The lowest BCUT2D eigenvalue weighted by atomic mass is 10.2. The number of amides is 1. The summed E-state index contributed by atoms with van der Waals surface area (Å²) in [5.74, 6) is 2.81. The molecular weight excluding hydrogens is 410 g/mol. The molecule has 0 saturated heterocycles. The number of nitro benzene ring substituents is 1. The predicted octanol–water partition coefficient (Wildman–Crippen LogP) is 4.21. The van der Waals surface area contributed by atoms with E-state index in [9.17, 15) is 14.9 Å². The van der Waals surface area contributed by atoms with E-state index < -0.39 is 10.8 Å². The molecule has 0 unspecified atom stereocenters. The van der Waals surface area contributed by atoms with E-state index in [2.05, 4.69) is 10.9 Å². The number of aromatic nitrogens is 1. The minimum atomic E-state index is -0.462. The number of hydrogen-bond acceptors (Lipinski definition) is 6. The van der Waals surface area contributed by atoms with Crippen molar-refractivity contribution in [3.05, 3.63) is 62.3 Å². The zero-order valence-electron chi connectivity index (χ0n) is 15.1. The quantitative estimate of drug-likeness (QED) is 0.280. The second-order valence-corrected chi connectivity index (χ2v) is 8.08. The van der Waals surface area contributed by atoms with Crippen molar-refractivity contribution in [3.8, 4) is 18.1 Å². The molecule has 0 atom stereocenters. The van der Waals surface area contributed by atoms with Crippen molar-refractivity contribution in [2.24, 2.45) is 4.99 Å². The predicted molar refractivity (Wildman–Crippen MR) is 114 cm³/mol. The first-order chi connectivity index (χ1) is 14.0. The Labute approximate surface area is 172 Å². The van der Waals surface area contributed by atoms with E-state index in [1.807, 2.05) is 18.2 Å². The molecule has 0 aliphatic heterocycles. The lowest BCUT2D eigenvalue weighted by Crippen LogP contribution is -2.16. The van der Waals surface area contributed by atoms with Crippen molar-refractivity contribution in [2.75, 3.05) is 7.11 Å². The summed E-state index contributed by atoms with van der Waals surface area (Å²) in [6, 6.07) is 11.7. The van der Waals surface area contributed by atoms with Crippen LogP contribution in [-0.2, 0) is 6.54 Å². The molecule has 0 N–H and O–H groups in total. The van der Waals surface area contributed by atoms with Crippen molar-refractivity contribution >= 4 is 54.6 Å². The Bertz CT molecular complexity index is 1390. The molecule has 4 rings (SSSR count). The number of para-hydroxylation sites is 1. The summed E-state index contributed by atoms with van der Waals surface area (Å²) in [5, 5.41) is 11.6. The highest BCUT2D eigenvalue weighted by molar-refractivity contribution is 7.21. The van der Waals surface area contributed by atoms with Crippen molar-refractivity contribution < 1.29 is 14.5 Å². The van der Waals surface area contributed by atoms with Gasteiger partial charge in [0, 0.05) is 22.2 Å². The number of ether oxygens (including phenoxy) is 1. The zero-order chi connectivity index (χ0) is 20.5. The fourth-order valence-electron chi connectivity index (χ4n) is 2.98. The summed E-state index contributed by atoms with van der Waals surface area (Å²) in [6.07, 6.45) is 5.52. The van der Waals surface area contributed by atoms with Gasteiger partial charge in [-0.05, 0) is 24.3 Å². The van der Waals surface area contributed by atoms with Crippen LogP contribution < -0.4 is 9.54 Å². The van der Waals surface area contributed by atoms with E-state index in [-0.39, 0.29) is 12.2 Å². The lowest BCUT2D eigenvalue weighted by Gasteiger charge is -2.05. The Morgan fingerprint density at radius 3 is 2.83 bits per heavy atom. The number of terminal acetylenes is 1. The van der Waals surface area contributed by atoms with Crippen LogP contribution in [0.2, 0.25) is 0 Å². The van der Waals surface area contributed by atoms with Crippen LogP contribution >= 0.6 is 22.7 Å². The number of thiophene rings is 1. The summed E-state index contributed by atoms with van der Waals surface area (Å²) >= 11 is 2.59. The second kappa shape index (κ2) is 7.50. The summed E-state index contributed by atoms with van der Waals surface area (Å²) in [5.41, 5.74) is 0.770. The maximum absolute atomic E-state index is 12.8. The number of nitrogens with zero attached hydrogens (tertiary/aromatic N) is 3. The number of methoxy groups -OCH3 is 1. The topological polar surface area (TPSA) is 86.7 Å². The van der Waals surface area contributed by atoms with Crippen LogP contribution in [0.3, 0.4) is 0 Å². The van der Waals surface area contributed by atoms with Gasteiger partial charge >= 0.3 is 0 Å². The van der Waals surface area contributed by atoms with Gasteiger partial charge in [-0.2, -0.15) is 4.99 Å². The van der Waals surface area contributed by atoms with E-state index in [1.54, 1.807) is 23.8 Å². The van der Waals surface area contributed by atoms with Gasteiger partial charge in [0.2, 0.25) is 0 Å². The molecule has 0 aliphatic rings. The molecule has 0 radical (unpaired) electrons. The fourth-order valence-corrected chi connectivity index (χ4v) is 4.95. The second-order valence-electron chi connectivity index (χ2n) is 5.99. The molecule has 0 aliphatic carbocycles. The van der Waals surface area contributed by atoms with Gasteiger partial charge in [0.25, 0.3) is 11.6 Å². The van der Waals surface area contributed by atoms with Crippen molar-refractivity contribution in [1.29, 1.82) is 0 Å². The van der Waals surface area contributed by atoms with E-state index in [4.69, 9.17) is 11.2 Å². The molecule has 2 aromatic heterocycles. The third-order valence-electron chi connectivity index (χ3n) is 4.25. The molecule has 2 aromatic carbocycles. The summed E-state index contributed by atoms with van der Waals surface area (Å²) in [6.45, 7) is 0.241. The molecule has 2 heterocycles.